The van der Waals surface area contributed by atoms with Crippen molar-refractivity contribution in [2.45, 2.75) is 33.0 Å². The largest absolute Gasteiger partial charge is 0.303 e. The molecule has 0 saturated heterocycles. The van der Waals surface area contributed by atoms with Crippen LogP contribution in [0.1, 0.15) is 31.3 Å². The van der Waals surface area contributed by atoms with Gasteiger partial charge in [-0.2, -0.15) is 10.2 Å². The molecule has 0 radical (unpaired) electrons. The molecular weight excluding hydrogens is 204 g/mol. The highest BCUT2D eigenvalue weighted by Crippen LogP contribution is 2.06. The minimum absolute atomic E-state index is 0.160. The van der Waals surface area contributed by atoms with Crippen LogP contribution in [0.15, 0.2) is 18.7 Å². The molecule has 0 amide bonds. The lowest BCUT2D eigenvalue weighted by atomic mass is 10.3. The summed E-state index contributed by atoms with van der Waals surface area (Å²) < 4.78 is 1.91. The van der Waals surface area contributed by atoms with Crippen LogP contribution >= 0.6 is 0 Å². The van der Waals surface area contributed by atoms with Gasteiger partial charge in [-0.05, 0) is 13.8 Å². The molecule has 2 N–H and O–H groups in total. The van der Waals surface area contributed by atoms with Crippen LogP contribution in [0.3, 0.4) is 0 Å². The maximum absolute atomic E-state index is 4.22. The van der Waals surface area contributed by atoms with Gasteiger partial charge in [-0.1, -0.05) is 0 Å². The Labute approximate surface area is 94.1 Å². The summed E-state index contributed by atoms with van der Waals surface area (Å²) >= 11 is 0. The van der Waals surface area contributed by atoms with Crippen LogP contribution in [-0.4, -0.2) is 25.0 Å². The zero-order valence-electron chi connectivity index (χ0n) is 9.51. The number of aromatic nitrogens is 5. The zero-order chi connectivity index (χ0) is 11.4. The highest BCUT2D eigenvalue weighted by molar-refractivity contribution is 5.04. The molecule has 1 atom stereocenters. The van der Waals surface area contributed by atoms with Gasteiger partial charge in [-0.15, -0.1) is 0 Å². The van der Waals surface area contributed by atoms with Crippen molar-refractivity contribution < 1.29 is 0 Å². The van der Waals surface area contributed by atoms with Crippen molar-refractivity contribution in [2.24, 2.45) is 0 Å². The summed E-state index contributed by atoms with van der Waals surface area (Å²) in [5.74, 6) is 0.850. The van der Waals surface area contributed by atoms with E-state index in [4.69, 9.17) is 0 Å². The third-order valence-corrected chi connectivity index (χ3v) is 2.47. The van der Waals surface area contributed by atoms with E-state index in [1.165, 1.54) is 11.9 Å². The van der Waals surface area contributed by atoms with E-state index in [0.29, 0.717) is 0 Å². The fourth-order valence-corrected chi connectivity index (χ4v) is 1.46. The predicted molar refractivity (Wildman–Crippen MR) is 59.5 cm³/mol. The molecule has 2 heterocycles. The minimum Gasteiger partial charge on any atom is -0.303 e. The van der Waals surface area contributed by atoms with Gasteiger partial charge in [0, 0.05) is 24.8 Å². The molecule has 0 bridgehead atoms. The number of hydrogen-bond acceptors (Lipinski definition) is 4. The number of aromatic amines is 1. The predicted octanol–water partition coefficient (Wildman–Crippen LogP) is 0.872. The van der Waals surface area contributed by atoms with Gasteiger partial charge in [0.2, 0.25) is 0 Å². The van der Waals surface area contributed by atoms with E-state index < -0.39 is 0 Å². The van der Waals surface area contributed by atoms with Crippen LogP contribution in [0.25, 0.3) is 0 Å². The summed E-state index contributed by atoms with van der Waals surface area (Å²) in [7, 11) is 0. The average Bonchev–Trinajstić information content (AvgIpc) is 2.96. The van der Waals surface area contributed by atoms with E-state index in [2.05, 4.69) is 32.5 Å². The molecule has 6 nitrogen and oxygen atoms in total. The summed E-state index contributed by atoms with van der Waals surface area (Å²) in [6, 6.07) is 0.160. The zero-order valence-corrected chi connectivity index (χ0v) is 9.51. The molecule has 2 aromatic heterocycles. The average molecular weight is 220 g/mol. The molecule has 0 saturated carbocycles. The Morgan fingerprint density at radius 2 is 2.44 bits per heavy atom. The number of H-pyrrole nitrogens is 1. The van der Waals surface area contributed by atoms with Crippen molar-refractivity contribution in [3.05, 3.63) is 30.1 Å². The van der Waals surface area contributed by atoms with Crippen LogP contribution in [0.4, 0.5) is 0 Å². The Morgan fingerprint density at radius 3 is 3.06 bits per heavy atom. The summed E-state index contributed by atoms with van der Waals surface area (Å²) in [5.41, 5.74) is 1.17. The quantitative estimate of drug-likeness (QED) is 0.784. The second kappa shape index (κ2) is 4.89. The molecule has 0 fully saturated rings. The first-order valence-corrected chi connectivity index (χ1v) is 5.39. The monoisotopic (exact) mass is 220 g/mol. The highest BCUT2D eigenvalue weighted by Gasteiger charge is 2.07. The molecule has 2 rings (SSSR count). The van der Waals surface area contributed by atoms with Crippen LogP contribution in [-0.2, 0) is 13.1 Å². The van der Waals surface area contributed by atoms with Crippen molar-refractivity contribution in [3.8, 4) is 0 Å². The van der Waals surface area contributed by atoms with E-state index in [-0.39, 0.29) is 6.04 Å². The molecule has 0 aliphatic rings. The van der Waals surface area contributed by atoms with Crippen LogP contribution in [0, 0.1) is 0 Å². The summed E-state index contributed by atoms with van der Waals surface area (Å²) in [6.45, 7) is 5.80. The van der Waals surface area contributed by atoms with E-state index in [1.54, 1.807) is 0 Å². The Kier molecular flexibility index (Phi) is 3.31. The lowest BCUT2D eigenvalue weighted by Crippen LogP contribution is -2.19. The fraction of sp³-hybridized carbons (Fsp3) is 0.500. The molecular formula is C10H16N6. The molecule has 0 aliphatic carbocycles. The van der Waals surface area contributed by atoms with Gasteiger partial charge in [0.25, 0.3) is 0 Å². The third-order valence-electron chi connectivity index (χ3n) is 2.47. The van der Waals surface area contributed by atoms with Gasteiger partial charge in [0.05, 0.1) is 12.2 Å². The van der Waals surface area contributed by atoms with Crippen LogP contribution in [0.5, 0.6) is 0 Å². The van der Waals surface area contributed by atoms with Crippen LogP contribution in [0.2, 0.25) is 0 Å². The molecule has 0 spiro atoms. The van der Waals surface area contributed by atoms with Gasteiger partial charge < -0.3 is 5.32 Å². The van der Waals surface area contributed by atoms with Crippen molar-refractivity contribution in [1.82, 2.24) is 30.3 Å². The number of rotatable bonds is 5. The molecule has 16 heavy (non-hydrogen) atoms. The lowest BCUT2D eigenvalue weighted by molar-refractivity contribution is 0.547. The normalized spacial score (nSPS) is 12.9. The lowest BCUT2D eigenvalue weighted by Gasteiger charge is -2.09. The summed E-state index contributed by atoms with van der Waals surface area (Å²) in [6.07, 6.45) is 5.44. The SMILES string of the molecule is CCn1cc(CNC(C)c2ncn[nH]2)cn1. The molecule has 0 aliphatic heterocycles. The topological polar surface area (TPSA) is 71.4 Å². The van der Waals surface area contributed by atoms with Gasteiger partial charge in [0.15, 0.2) is 0 Å². The third kappa shape index (κ3) is 2.46. The number of hydrogen-bond donors (Lipinski definition) is 2. The van der Waals surface area contributed by atoms with E-state index >= 15 is 0 Å². The van der Waals surface area contributed by atoms with Crippen molar-refractivity contribution in [1.29, 1.82) is 0 Å². The standard InChI is InChI=1S/C10H16N6/c1-3-16-6-9(5-14-16)4-11-8(2)10-12-7-13-15-10/h5-8,11H,3-4H2,1-2H3,(H,12,13,15). The first-order valence-electron chi connectivity index (χ1n) is 5.39. The first-order chi connectivity index (χ1) is 7.79. The highest BCUT2D eigenvalue weighted by atomic mass is 15.3. The first kappa shape index (κ1) is 10.8. The Balaban J connectivity index is 1.87. The minimum atomic E-state index is 0.160. The second-order valence-electron chi connectivity index (χ2n) is 3.68. The van der Waals surface area contributed by atoms with Gasteiger partial charge in [-0.25, -0.2) is 4.98 Å². The van der Waals surface area contributed by atoms with E-state index in [1.807, 2.05) is 24.0 Å². The maximum atomic E-state index is 4.22. The van der Waals surface area contributed by atoms with Gasteiger partial charge in [0.1, 0.15) is 12.2 Å². The van der Waals surface area contributed by atoms with E-state index in [0.717, 1.165) is 18.9 Å². The smallest absolute Gasteiger partial charge is 0.141 e. The second-order valence-corrected chi connectivity index (χ2v) is 3.68. The number of nitrogens with zero attached hydrogens (tertiary/aromatic N) is 4. The molecule has 86 valence electrons. The Bertz CT molecular complexity index is 418. The number of nitrogens with one attached hydrogen (secondary N) is 2. The van der Waals surface area contributed by atoms with Crippen LogP contribution < -0.4 is 5.32 Å². The van der Waals surface area contributed by atoms with E-state index in [9.17, 15) is 0 Å². The Morgan fingerprint density at radius 1 is 1.56 bits per heavy atom. The molecule has 0 aromatic carbocycles. The fourth-order valence-electron chi connectivity index (χ4n) is 1.46. The van der Waals surface area contributed by atoms with Crippen molar-refractivity contribution in [2.75, 3.05) is 0 Å². The molecule has 1 unspecified atom stereocenters. The van der Waals surface area contributed by atoms with Crippen molar-refractivity contribution in [3.63, 3.8) is 0 Å². The van der Waals surface area contributed by atoms with Crippen molar-refractivity contribution >= 4 is 0 Å². The molecule has 2 aromatic rings. The summed E-state index contributed by atoms with van der Waals surface area (Å²) in [5, 5.41) is 14.2. The van der Waals surface area contributed by atoms with Gasteiger partial charge >= 0.3 is 0 Å². The Hall–Kier alpha value is -1.69. The number of aryl methyl sites for hydroxylation is 1. The summed E-state index contributed by atoms with van der Waals surface area (Å²) in [4.78, 5) is 4.10. The maximum Gasteiger partial charge on any atom is 0.141 e. The van der Waals surface area contributed by atoms with Gasteiger partial charge in [-0.3, -0.25) is 9.78 Å². The molecule has 6 heteroatoms.